The molecule has 0 aliphatic carbocycles. The number of aromatic nitrogens is 6. The fourth-order valence-electron chi connectivity index (χ4n) is 2.43. The zero-order valence-corrected chi connectivity index (χ0v) is 15.1. The zero-order chi connectivity index (χ0) is 17.5. The molecule has 0 atom stereocenters. The fourth-order valence-corrected chi connectivity index (χ4v) is 2.68. The van der Waals surface area contributed by atoms with E-state index in [0.29, 0.717) is 22.4 Å². The molecule has 0 saturated carbocycles. The highest BCUT2D eigenvalue weighted by atomic mass is 35.5. The first-order valence-corrected chi connectivity index (χ1v) is 8.03. The monoisotopic (exact) mass is 342 g/mol. The van der Waals surface area contributed by atoms with Crippen molar-refractivity contribution in [1.82, 2.24) is 30.2 Å². The molecule has 24 heavy (non-hydrogen) atoms. The van der Waals surface area contributed by atoms with Gasteiger partial charge in [0.05, 0.1) is 10.7 Å². The van der Waals surface area contributed by atoms with Gasteiger partial charge in [-0.1, -0.05) is 56.6 Å². The number of hydrogen-bond donors (Lipinski definition) is 0. The van der Waals surface area contributed by atoms with E-state index in [1.807, 2.05) is 19.1 Å². The first-order chi connectivity index (χ1) is 11.3. The van der Waals surface area contributed by atoms with Crippen LogP contribution in [0.1, 0.15) is 32.0 Å². The van der Waals surface area contributed by atoms with Crippen LogP contribution in [-0.4, -0.2) is 30.2 Å². The van der Waals surface area contributed by atoms with Gasteiger partial charge in [0.25, 0.3) is 0 Å². The lowest BCUT2D eigenvalue weighted by Crippen LogP contribution is -2.10. The van der Waals surface area contributed by atoms with Gasteiger partial charge in [-0.25, -0.2) is 0 Å². The van der Waals surface area contributed by atoms with Crippen LogP contribution in [0.15, 0.2) is 24.3 Å². The maximum Gasteiger partial charge on any atom is 0.223 e. The average Bonchev–Trinajstić information content (AvgIpc) is 2.80. The van der Waals surface area contributed by atoms with Gasteiger partial charge in [-0.05, 0) is 17.9 Å². The third kappa shape index (κ3) is 3.01. The van der Waals surface area contributed by atoms with Crippen LogP contribution in [0.5, 0.6) is 0 Å². The summed E-state index contributed by atoms with van der Waals surface area (Å²) in [6.07, 6.45) is 0. The van der Waals surface area contributed by atoms with Gasteiger partial charge >= 0.3 is 0 Å². The smallest absolute Gasteiger partial charge is 0.223 e. The summed E-state index contributed by atoms with van der Waals surface area (Å²) in [4.78, 5) is 0. The van der Waals surface area contributed by atoms with Gasteiger partial charge in [0, 0.05) is 12.6 Å². The Bertz CT molecular complexity index is 860. The minimum absolute atomic E-state index is 0.105. The number of benzene rings is 1. The van der Waals surface area contributed by atoms with Crippen LogP contribution in [0, 0.1) is 6.92 Å². The van der Waals surface area contributed by atoms with Crippen molar-refractivity contribution < 1.29 is 0 Å². The minimum Gasteiger partial charge on any atom is -0.263 e. The van der Waals surface area contributed by atoms with E-state index in [2.05, 4.69) is 58.4 Å². The molecule has 6 nitrogen and oxygen atoms in total. The van der Waals surface area contributed by atoms with Crippen molar-refractivity contribution in [2.45, 2.75) is 33.1 Å². The van der Waals surface area contributed by atoms with E-state index in [1.165, 1.54) is 5.56 Å². The first kappa shape index (κ1) is 16.5. The largest absolute Gasteiger partial charge is 0.263 e. The van der Waals surface area contributed by atoms with Crippen LogP contribution < -0.4 is 0 Å². The van der Waals surface area contributed by atoms with Crippen molar-refractivity contribution >= 4 is 11.6 Å². The predicted molar refractivity (Wildman–Crippen MR) is 93.7 cm³/mol. The van der Waals surface area contributed by atoms with E-state index in [-0.39, 0.29) is 5.41 Å². The Morgan fingerprint density at radius 1 is 0.917 bits per heavy atom. The van der Waals surface area contributed by atoms with Crippen LogP contribution in [0.2, 0.25) is 5.02 Å². The molecule has 3 aromatic rings. The van der Waals surface area contributed by atoms with Crippen LogP contribution in [0.3, 0.4) is 0 Å². The lowest BCUT2D eigenvalue weighted by atomic mass is 9.87. The van der Waals surface area contributed by atoms with E-state index in [0.717, 1.165) is 11.3 Å². The molecule has 2 heterocycles. The van der Waals surface area contributed by atoms with Gasteiger partial charge in [0.1, 0.15) is 5.69 Å². The highest BCUT2D eigenvalue weighted by Gasteiger charge is 2.18. The number of rotatable bonds is 2. The Labute approximate surface area is 145 Å². The SMILES string of the molecule is Cc1nn(C)c(-c2nnc(-c3ccc(C(C)(C)C)cc3)nn2)c1Cl. The van der Waals surface area contributed by atoms with E-state index in [4.69, 9.17) is 11.6 Å². The van der Waals surface area contributed by atoms with Gasteiger partial charge < -0.3 is 0 Å². The lowest BCUT2D eigenvalue weighted by Gasteiger charge is -2.18. The molecule has 7 heteroatoms. The summed E-state index contributed by atoms with van der Waals surface area (Å²) < 4.78 is 1.63. The van der Waals surface area contributed by atoms with Crippen molar-refractivity contribution in [3.05, 3.63) is 40.5 Å². The second-order valence-electron chi connectivity index (χ2n) is 6.75. The molecule has 0 bridgehead atoms. The molecule has 0 unspecified atom stereocenters. The number of halogens is 1. The standard InChI is InChI=1S/C17H19ClN6/c1-10-13(18)14(24(5)23-10)16-21-19-15(20-22-16)11-6-8-12(9-7-11)17(2,3)4/h6-9H,1-5H3. The molecule has 0 aliphatic heterocycles. The maximum atomic E-state index is 6.25. The summed E-state index contributed by atoms with van der Waals surface area (Å²) in [6.45, 7) is 8.36. The maximum absolute atomic E-state index is 6.25. The van der Waals surface area contributed by atoms with Gasteiger partial charge in [0.15, 0.2) is 0 Å². The highest BCUT2D eigenvalue weighted by molar-refractivity contribution is 6.33. The van der Waals surface area contributed by atoms with Crippen molar-refractivity contribution in [2.75, 3.05) is 0 Å². The summed E-state index contributed by atoms with van der Waals surface area (Å²) in [5.74, 6) is 0.840. The third-order valence-corrected chi connectivity index (χ3v) is 4.30. The van der Waals surface area contributed by atoms with Gasteiger partial charge in [-0.15, -0.1) is 20.4 Å². The van der Waals surface area contributed by atoms with E-state index in [1.54, 1.807) is 11.7 Å². The van der Waals surface area contributed by atoms with Crippen molar-refractivity contribution in [3.63, 3.8) is 0 Å². The average molecular weight is 343 g/mol. The van der Waals surface area contributed by atoms with Gasteiger partial charge in [0.2, 0.25) is 11.6 Å². The zero-order valence-electron chi connectivity index (χ0n) is 14.4. The molecule has 3 rings (SSSR count). The molecular weight excluding hydrogens is 324 g/mol. The van der Waals surface area contributed by atoms with Gasteiger partial charge in [-0.3, -0.25) is 4.68 Å². The lowest BCUT2D eigenvalue weighted by molar-refractivity contribution is 0.590. The van der Waals surface area contributed by atoms with Crippen molar-refractivity contribution in [1.29, 1.82) is 0 Å². The quantitative estimate of drug-likeness (QED) is 0.711. The molecule has 2 aromatic heterocycles. The van der Waals surface area contributed by atoms with Crippen LogP contribution in [0.25, 0.3) is 22.9 Å². The number of nitrogens with zero attached hydrogens (tertiary/aromatic N) is 6. The molecule has 0 amide bonds. The molecule has 0 fully saturated rings. The van der Waals surface area contributed by atoms with Crippen LogP contribution in [0.4, 0.5) is 0 Å². The summed E-state index contributed by atoms with van der Waals surface area (Å²) >= 11 is 6.25. The van der Waals surface area contributed by atoms with Crippen molar-refractivity contribution in [3.8, 4) is 22.9 Å². The van der Waals surface area contributed by atoms with Gasteiger partial charge in [-0.2, -0.15) is 5.10 Å². The summed E-state index contributed by atoms with van der Waals surface area (Å²) in [6, 6.07) is 8.13. The third-order valence-electron chi connectivity index (χ3n) is 3.85. The Balaban J connectivity index is 1.92. The predicted octanol–water partition coefficient (Wildman–Crippen LogP) is 3.59. The molecule has 0 saturated heterocycles. The molecule has 0 N–H and O–H groups in total. The Hall–Kier alpha value is -2.34. The summed E-state index contributed by atoms with van der Waals surface area (Å²) in [5, 5.41) is 21.5. The second-order valence-corrected chi connectivity index (χ2v) is 7.12. The number of aryl methyl sites for hydroxylation is 2. The topological polar surface area (TPSA) is 69.4 Å². The molecular formula is C17H19ClN6. The highest BCUT2D eigenvalue weighted by Crippen LogP contribution is 2.27. The molecule has 1 aromatic carbocycles. The summed E-state index contributed by atoms with van der Waals surface area (Å²) in [5.41, 5.74) is 3.57. The van der Waals surface area contributed by atoms with E-state index < -0.39 is 0 Å². The molecule has 0 aliphatic rings. The Kier molecular flexibility index (Phi) is 4.09. The first-order valence-electron chi connectivity index (χ1n) is 7.65. The second kappa shape index (κ2) is 5.94. The molecule has 0 spiro atoms. The van der Waals surface area contributed by atoms with Crippen LogP contribution >= 0.6 is 11.6 Å². The van der Waals surface area contributed by atoms with Crippen molar-refractivity contribution in [2.24, 2.45) is 7.05 Å². The van der Waals surface area contributed by atoms with E-state index >= 15 is 0 Å². The van der Waals surface area contributed by atoms with Crippen LogP contribution in [-0.2, 0) is 12.5 Å². The fraction of sp³-hybridized carbons (Fsp3) is 0.353. The minimum atomic E-state index is 0.105. The Morgan fingerprint density at radius 3 is 1.92 bits per heavy atom. The Morgan fingerprint density at radius 2 is 1.46 bits per heavy atom. The summed E-state index contributed by atoms with van der Waals surface area (Å²) in [7, 11) is 1.79. The molecule has 124 valence electrons. The number of hydrogen-bond acceptors (Lipinski definition) is 5. The normalized spacial score (nSPS) is 11.8. The van der Waals surface area contributed by atoms with E-state index in [9.17, 15) is 0 Å². The molecule has 0 radical (unpaired) electrons.